The molecule has 0 saturated heterocycles. The van der Waals surface area contributed by atoms with E-state index < -0.39 is 5.82 Å². The number of carbonyl (C=O) groups excluding carboxylic acids is 2. The number of hydrogen-bond acceptors (Lipinski definition) is 3. The molecule has 0 unspecified atom stereocenters. The quantitative estimate of drug-likeness (QED) is 0.602. The molecule has 6 heteroatoms. The molecule has 5 nitrogen and oxygen atoms in total. The molecule has 27 heavy (non-hydrogen) atoms. The van der Waals surface area contributed by atoms with Crippen molar-refractivity contribution in [3.05, 3.63) is 89.7 Å². The molecular formula is C21H18FN3O2. The molecule has 2 amide bonds. The second kappa shape index (κ2) is 8.14. The van der Waals surface area contributed by atoms with E-state index in [9.17, 15) is 14.0 Å². The van der Waals surface area contributed by atoms with E-state index in [-0.39, 0.29) is 23.9 Å². The average molecular weight is 363 g/mol. The Morgan fingerprint density at radius 1 is 0.889 bits per heavy atom. The molecule has 0 heterocycles. The first-order valence-corrected chi connectivity index (χ1v) is 8.31. The monoisotopic (exact) mass is 363 g/mol. The molecule has 0 aliphatic rings. The van der Waals surface area contributed by atoms with Gasteiger partial charge in [-0.25, -0.2) is 4.39 Å². The Hall–Kier alpha value is -3.67. The normalized spacial score (nSPS) is 10.3. The second-order valence-electron chi connectivity index (χ2n) is 5.97. The molecular weight excluding hydrogens is 345 g/mol. The van der Waals surface area contributed by atoms with Gasteiger partial charge in [0.15, 0.2) is 0 Å². The molecule has 4 N–H and O–H groups in total. The SMILES string of the molecule is Nc1cc(F)ccc1NC(=O)c1ccc(NC(=O)Cc2ccccc2)cc1. The molecule has 3 aromatic carbocycles. The summed E-state index contributed by atoms with van der Waals surface area (Å²) >= 11 is 0. The summed E-state index contributed by atoms with van der Waals surface area (Å²) in [4.78, 5) is 24.4. The van der Waals surface area contributed by atoms with Crippen molar-refractivity contribution in [2.45, 2.75) is 6.42 Å². The van der Waals surface area contributed by atoms with Gasteiger partial charge in [-0.1, -0.05) is 30.3 Å². The predicted octanol–water partition coefficient (Wildman–Crippen LogP) is 3.84. The average Bonchev–Trinajstić information content (AvgIpc) is 2.65. The zero-order chi connectivity index (χ0) is 19.2. The lowest BCUT2D eigenvalue weighted by molar-refractivity contribution is -0.115. The van der Waals surface area contributed by atoms with Gasteiger partial charge in [0, 0.05) is 11.3 Å². The van der Waals surface area contributed by atoms with E-state index in [1.54, 1.807) is 24.3 Å². The molecule has 0 aliphatic carbocycles. The Morgan fingerprint density at radius 3 is 2.26 bits per heavy atom. The number of amides is 2. The summed E-state index contributed by atoms with van der Waals surface area (Å²) in [5.41, 5.74) is 8.07. The fraction of sp³-hybridized carbons (Fsp3) is 0.0476. The number of rotatable bonds is 5. The number of benzene rings is 3. The standard InChI is InChI=1S/C21H18FN3O2/c22-16-8-11-19(18(23)13-16)25-21(27)15-6-9-17(10-7-15)24-20(26)12-14-4-2-1-3-5-14/h1-11,13H,12,23H2,(H,24,26)(H,25,27). The molecule has 0 spiro atoms. The third-order valence-corrected chi connectivity index (χ3v) is 3.90. The lowest BCUT2D eigenvalue weighted by Crippen LogP contribution is -2.15. The maximum atomic E-state index is 13.1. The molecule has 0 aromatic heterocycles. The predicted molar refractivity (Wildman–Crippen MR) is 104 cm³/mol. The van der Waals surface area contributed by atoms with Gasteiger partial charge in [0.2, 0.25) is 5.91 Å². The van der Waals surface area contributed by atoms with Crippen molar-refractivity contribution in [1.29, 1.82) is 0 Å². The van der Waals surface area contributed by atoms with Crippen LogP contribution in [0.5, 0.6) is 0 Å². The summed E-state index contributed by atoms with van der Waals surface area (Å²) in [5, 5.41) is 5.42. The largest absolute Gasteiger partial charge is 0.397 e. The summed E-state index contributed by atoms with van der Waals surface area (Å²) in [6.07, 6.45) is 0.271. The molecule has 0 saturated carbocycles. The lowest BCUT2D eigenvalue weighted by Gasteiger charge is -2.09. The highest BCUT2D eigenvalue weighted by Crippen LogP contribution is 2.20. The minimum atomic E-state index is -0.471. The van der Waals surface area contributed by atoms with Gasteiger partial charge >= 0.3 is 0 Å². The molecule has 0 aliphatic heterocycles. The number of carbonyl (C=O) groups is 2. The van der Waals surface area contributed by atoms with Gasteiger partial charge in [-0.05, 0) is 48.0 Å². The maximum Gasteiger partial charge on any atom is 0.255 e. The summed E-state index contributed by atoms with van der Waals surface area (Å²) in [6, 6.07) is 19.7. The first-order chi connectivity index (χ1) is 13.0. The van der Waals surface area contributed by atoms with Crippen molar-refractivity contribution in [3.63, 3.8) is 0 Å². The minimum Gasteiger partial charge on any atom is -0.397 e. The summed E-state index contributed by atoms with van der Waals surface area (Å²) in [7, 11) is 0. The van der Waals surface area contributed by atoms with Crippen molar-refractivity contribution >= 4 is 28.9 Å². The number of anilines is 3. The molecule has 3 aromatic rings. The Labute approximate surface area is 156 Å². The third-order valence-electron chi connectivity index (χ3n) is 3.90. The summed E-state index contributed by atoms with van der Waals surface area (Å²) in [5.74, 6) is -0.992. The molecule has 0 atom stereocenters. The lowest BCUT2D eigenvalue weighted by atomic mass is 10.1. The molecule has 3 rings (SSSR count). The zero-order valence-corrected chi connectivity index (χ0v) is 14.4. The van der Waals surface area contributed by atoms with E-state index in [0.29, 0.717) is 16.9 Å². The fourth-order valence-electron chi connectivity index (χ4n) is 2.53. The van der Waals surface area contributed by atoms with Gasteiger partial charge in [-0.15, -0.1) is 0 Å². The fourth-order valence-corrected chi connectivity index (χ4v) is 2.53. The van der Waals surface area contributed by atoms with Crippen LogP contribution in [0.4, 0.5) is 21.5 Å². The van der Waals surface area contributed by atoms with Crippen molar-refractivity contribution in [1.82, 2.24) is 0 Å². The van der Waals surface area contributed by atoms with E-state index in [1.165, 1.54) is 12.1 Å². The van der Waals surface area contributed by atoms with Crippen molar-refractivity contribution < 1.29 is 14.0 Å². The van der Waals surface area contributed by atoms with Crippen molar-refractivity contribution in [2.75, 3.05) is 16.4 Å². The van der Waals surface area contributed by atoms with Crippen LogP contribution in [-0.2, 0) is 11.2 Å². The van der Waals surface area contributed by atoms with E-state index in [2.05, 4.69) is 10.6 Å². The first kappa shape index (κ1) is 18.1. The summed E-state index contributed by atoms with van der Waals surface area (Å²) in [6.45, 7) is 0. The van der Waals surface area contributed by atoms with Crippen LogP contribution in [0, 0.1) is 5.82 Å². The van der Waals surface area contributed by atoms with Crippen molar-refractivity contribution in [3.8, 4) is 0 Å². The van der Waals surface area contributed by atoms with Gasteiger partial charge in [0.1, 0.15) is 5.82 Å². The molecule has 136 valence electrons. The smallest absolute Gasteiger partial charge is 0.255 e. The van der Waals surface area contributed by atoms with Crippen LogP contribution in [0.25, 0.3) is 0 Å². The van der Waals surface area contributed by atoms with Gasteiger partial charge < -0.3 is 16.4 Å². The highest BCUT2D eigenvalue weighted by atomic mass is 19.1. The number of halogens is 1. The highest BCUT2D eigenvalue weighted by Gasteiger charge is 2.10. The molecule has 0 radical (unpaired) electrons. The minimum absolute atomic E-state index is 0.141. The Kier molecular flexibility index (Phi) is 5.47. The van der Waals surface area contributed by atoms with Gasteiger partial charge in [0.25, 0.3) is 5.91 Å². The Morgan fingerprint density at radius 2 is 1.59 bits per heavy atom. The van der Waals surface area contributed by atoms with Crippen LogP contribution < -0.4 is 16.4 Å². The van der Waals surface area contributed by atoms with E-state index in [4.69, 9.17) is 5.73 Å². The number of hydrogen-bond donors (Lipinski definition) is 3. The molecule has 0 bridgehead atoms. The van der Waals surface area contributed by atoms with Crippen LogP contribution in [0.3, 0.4) is 0 Å². The van der Waals surface area contributed by atoms with E-state index in [1.807, 2.05) is 30.3 Å². The highest BCUT2D eigenvalue weighted by molar-refractivity contribution is 6.06. The van der Waals surface area contributed by atoms with Crippen LogP contribution in [0.1, 0.15) is 15.9 Å². The van der Waals surface area contributed by atoms with Crippen LogP contribution in [0.2, 0.25) is 0 Å². The van der Waals surface area contributed by atoms with Crippen molar-refractivity contribution in [2.24, 2.45) is 0 Å². The molecule has 0 fully saturated rings. The van der Waals surface area contributed by atoms with Gasteiger partial charge in [0.05, 0.1) is 17.8 Å². The number of nitrogen functional groups attached to an aromatic ring is 1. The van der Waals surface area contributed by atoms with Gasteiger partial charge in [-0.3, -0.25) is 9.59 Å². The van der Waals surface area contributed by atoms with E-state index >= 15 is 0 Å². The number of nitrogens with one attached hydrogen (secondary N) is 2. The van der Waals surface area contributed by atoms with Gasteiger partial charge in [-0.2, -0.15) is 0 Å². The van der Waals surface area contributed by atoms with Crippen LogP contribution >= 0.6 is 0 Å². The number of nitrogens with two attached hydrogens (primary N) is 1. The third kappa shape index (κ3) is 4.92. The van der Waals surface area contributed by atoms with E-state index in [0.717, 1.165) is 11.6 Å². The summed E-state index contributed by atoms with van der Waals surface area (Å²) < 4.78 is 13.1. The first-order valence-electron chi connectivity index (χ1n) is 8.31. The zero-order valence-electron chi connectivity index (χ0n) is 14.4. The van der Waals surface area contributed by atoms with Crippen LogP contribution in [-0.4, -0.2) is 11.8 Å². The topological polar surface area (TPSA) is 84.2 Å². The second-order valence-corrected chi connectivity index (χ2v) is 5.97. The Bertz CT molecular complexity index is 957. The maximum absolute atomic E-state index is 13.1. The van der Waals surface area contributed by atoms with Crippen LogP contribution in [0.15, 0.2) is 72.8 Å². The Balaban J connectivity index is 1.61.